The van der Waals surface area contributed by atoms with E-state index in [1.807, 2.05) is 6.08 Å². The first-order chi connectivity index (χ1) is 31.7. The number of hydrogen-bond donors (Lipinski definition) is 6. The van der Waals surface area contributed by atoms with Crippen molar-refractivity contribution in [2.45, 2.75) is 249 Å². The molecule has 6 N–H and O–H groups in total. The van der Waals surface area contributed by atoms with Gasteiger partial charge in [-0.1, -0.05) is 152 Å². The fraction of sp³-hybridized carbons (Fsp3) is 0.778. The summed E-state index contributed by atoms with van der Waals surface area (Å²) in [6.45, 7) is 4.16. The van der Waals surface area contributed by atoms with Gasteiger partial charge in [-0.3, -0.25) is 9.59 Å². The fourth-order valence-corrected chi connectivity index (χ4v) is 7.61. The lowest BCUT2D eigenvalue weighted by Crippen LogP contribution is -2.60. The topological polar surface area (TPSA) is 175 Å². The van der Waals surface area contributed by atoms with Crippen LogP contribution in [-0.4, -0.2) is 100 Å². The number of aliphatic hydroxyl groups is 5. The van der Waals surface area contributed by atoms with Gasteiger partial charge in [0.25, 0.3) is 0 Å². The average molecular weight is 918 g/mol. The van der Waals surface area contributed by atoms with Crippen LogP contribution in [0.2, 0.25) is 0 Å². The minimum absolute atomic E-state index is 0.0534. The van der Waals surface area contributed by atoms with Crippen molar-refractivity contribution >= 4 is 11.9 Å². The smallest absolute Gasteiger partial charge is 0.305 e. The Hall–Kier alpha value is -2.64. The molecule has 11 nitrogen and oxygen atoms in total. The molecule has 1 fully saturated rings. The van der Waals surface area contributed by atoms with Crippen molar-refractivity contribution in [3.8, 4) is 0 Å². The highest BCUT2D eigenvalue weighted by Gasteiger charge is 2.44. The maximum atomic E-state index is 13.0. The third-order valence-corrected chi connectivity index (χ3v) is 11.9. The van der Waals surface area contributed by atoms with Crippen molar-refractivity contribution in [3.05, 3.63) is 60.8 Å². The Morgan fingerprint density at radius 2 is 1.05 bits per heavy atom. The molecule has 0 aliphatic carbocycles. The van der Waals surface area contributed by atoms with Crippen LogP contribution in [0.3, 0.4) is 0 Å². The molecule has 7 unspecified atom stereocenters. The molecule has 1 aliphatic heterocycles. The molecule has 65 heavy (non-hydrogen) atoms. The molecule has 11 heteroatoms. The van der Waals surface area contributed by atoms with Gasteiger partial charge in [0, 0.05) is 12.8 Å². The predicted molar refractivity (Wildman–Crippen MR) is 264 cm³/mol. The van der Waals surface area contributed by atoms with E-state index in [9.17, 15) is 35.1 Å². The van der Waals surface area contributed by atoms with Crippen molar-refractivity contribution in [1.29, 1.82) is 0 Å². The summed E-state index contributed by atoms with van der Waals surface area (Å²) in [5, 5.41) is 54.1. The fourth-order valence-electron chi connectivity index (χ4n) is 7.61. The van der Waals surface area contributed by atoms with Crippen LogP contribution in [0.25, 0.3) is 0 Å². The zero-order chi connectivity index (χ0) is 47.4. The van der Waals surface area contributed by atoms with Gasteiger partial charge < -0.3 is 45.1 Å². The van der Waals surface area contributed by atoms with Crippen LogP contribution in [0, 0.1) is 0 Å². The SMILES string of the molecule is CCCCC/C=C\CCCCCCCC(=O)OCCCCC/C=C\C=C/CCCCCCCCC(=O)NC(COC1OC(CO)C(O)C(O)C1O)C(O)/C=C/CC/C=C/CCCCCC. The second-order valence-electron chi connectivity index (χ2n) is 17.9. The third kappa shape index (κ3) is 34.3. The Labute approximate surface area is 395 Å². The molecule has 1 aliphatic rings. The Balaban J connectivity index is 2.19. The summed E-state index contributed by atoms with van der Waals surface area (Å²) in [5.41, 5.74) is 0. The highest BCUT2D eigenvalue weighted by atomic mass is 16.7. The van der Waals surface area contributed by atoms with Crippen LogP contribution in [0.5, 0.6) is 0 Å². The zero-order valence-electron chi connectivity index (χ0n) is 40.9. The van der Waals surface area contributed by atoms with Gasteiger partial charge in [0.1, 0.15) is 24.4 Å². The molecule has 0 aromatic rings. The van der Waals surface area contributed by atoms with E-state index in [-0.39, 0.29) is 18.5 Å². The summed E-state index contributed by atoms with van der Waals surface area (Å²) in [6, 6.07) is -0.844. The van der Waals surface area contributed by atoms with E-state index < -0.39 is 49.5 Å². The molecular formula is C54H95NO10. The number of aliphatic hydroxyl groups excluding tert-OH is 5. The van der Waals surface area contributed by atoms with E-state index in [1.54, 1.807) is 6.08 Å². The number of rotatable bonds is 43. The van der Waals surface area contributed by atoms with E-state index in [1.165, 1.54) is 77.0 Å². The second-order valence-corrected chi connectivity index (χ2v) is 17.9. The van der Waals surface area contributed by atoms with E-state index in [0.29, 0.717) is 19.4 Å². The number of unbranched alkanes of at least 4 members (excludes halogenated alkanes) is 22. The number of hydrogen-bond acceptors (Lipinski definition) is 10. The highest BCUT2D eigenvalue weighted by molar-refractivity contribution is 5.76. The molecule has 0 spiro atoms. The molecule has 0 aromatic carbocycles. The van der Waals surface area contributed by atoms with E-state index in [2.05, 4.69) is 67.8 Å². The predicted octanol–water partition coefficient (Wildman–Crippen LogP) is 10.7. The minimum atomic E-state index is -1.59. The van der Waals surface area contributed by atoms with Gasteiger partial charge >= 0.3 is 5.97 Å². The molecule has 0 saturated carbocycles. The van der Waals surface area contributed by atoms with Crippen LogP contribution < -0.4 is 5.32 Å². The molecule has 1 rings (SSSR count). The third-order valence-electron chi connectivity index (χ3n) is 11.9. The van der Waals surface area contributed by atoms with Crippen LogP contribution in [0.15, 0.2) is 60.8 Å². The lowest BCUT2D eigenvalue weighted by atomic mass is 9.99. The first-order valence-corrected chi connectivity index (χ1v) is 26.1. The zero-order valence-corrected chi connectivity index (χ0v) is 40.9. The number of esters is 1. The van der Waals surface area contributed by atoms with Crippen molar-refractivity contribution in [3.63, 3.8) is 0 Å². The highest BCUT2D eigenvalue weighted by Crippen LogP contribution is 2.22. The second kappa shape index (κ2) is 43.9. The summed E-state index contributed by atoms with van der Waals surface area (Å²) in [6.07, 6.45) is 44.5. The quantitative estimate of drug-likeness (QED) is 0.0149. The number of allylic oxidation sites excluding steroid dienone is 9. The Morgan fingerprint density at radius 3 is 1.65 bits per heavy atom. The molecule has 7 atom stereocenters. The van der Waals surface area contributed by atoms with Gasteiger partial charge in [-0.25, -0.2) is 0 Å². The normalized spacial score (nSPS) is 20.3. The summed E-state index contributed by atoms with van der Waals surface area (Å²) in [7, 11) is 0. The van der Waals surface area contributed by atoms with Gasteiger partial charge in [-0.05, 0) is 103 Å². The van der Waals surface area contributed by atoms with Crippen LogP contribution >= 0.6 is 0 Å². The summed E-state index contributed by atoms with van der Waals surface area (Å²) in [4.78, 5) is 25.0. The maximum absolute atomic E-state index is 13.0. The number of nitrogens with one attached hydrogen (secondary N) is 1. The van der Waals surface area contributed by atoms with E-state index >= 15 is 0 Å². The Bertz CT molecular complexity index is 1270. The standard InChI is InChI=1S/C54H95NO10/c1-3-5-7-9-11-13-15-22-26-30-34-38-42-50(59)63-43-39-35-31-27-23-20-18-16-17-19-21-25-29-33-37-41-49(58)55-46(45-64-54-53(62)52(61)51(60)48(44-56)65-54)47(57)40-36-32-28-24-14-12-10-8-6-4-2/h11,13-14,16,18,20,23-24,36,40,46-48,51-54,56-57,60-62H,3-10,12,15,17,19,21-22,25-35,37-39,41-45H2,1-2H3,(H,55,58)/b13-11-,18-16-,23-20-,24-14+,40-36+. The summed E-state index contributed by atoms with van der Waals surface area (Å²) < 4.78 is 16.6. The largest absolute Gasteiger partial charge is 0.466 e. The van der Waals surface area contributed by atoms with Gasteiger partial charge in [0.15, 0.2) is 6.29 Å². The monoisotopic (exact) mass is 918 g/mol. The Morgan fingerprint density at radius 1 is 0.569 bits per heavy atom. The molecule has 0 aromatic heterocycles. The van der Waals surface area contributed by atoms with Gasteiger partial charge in [0.2, 0.25) is 5.91 Å². The number of ether oxygens (including phenoxy) is 3. The van der Waals surface area contributed by atoms with E-state index in [4.69, 9.17) is 14.2 Å². The lowest BCUT2D eigenvalue weighted by Gasteiger charge is -2.40. The molecule has 1 amide bonds. The maximum Gasteiger partial charge on any atom is 0.305 e. The minimum Gasteiger partial charge on any atom is -0.466 e. The molecule has 376 valence electrons. The van der Waals surface area contributed by atoms with Gasteiger partial charge in [0.05, 0.1) is 32.0 Å². The lowest BCUT2D eigenvalue weighted by molar-refractivity contribution is -0.302. The van der Waals surface area contributed by atoms with Crippen molar-refractivity contribution < 1.29 is 49.3 Å². The van der Waals surface area contributed by atoms with Crippen LogP contribution in [0.4, 0.5) is 0 Å². The van der Waals surface area contributed by atoms with Crippen LogP contribution in [0.1, 0.15) is 206 Å². The average Bonchev–Trinajstić information content (AvgIpc) is 3.30. The van der Waals surface area contributed by atoms with Crippen LogP contribution in [-0.2, 0) is 23.8 Å². The van der Waals surface area contributed by atoms with Gasteiger partial charge in [-0.2, -0.15) is 0 Å². The summed E-state index contributed by atoms with van der Waals surface area (Å²) >= 11 is 0. The first kappa shape index (κ1) is 60.4. The molecule has 0 radical (unpaired) electrons. The molecule has 1 saturated heterocycles. The number of amides is 1. The number of carbonyl (C=O) groups is 2. The van der Waals surface area contributed by atoms with E-state index in [0.717, 1.165) is 103 Å². The molecule has 1 heterocycles. The Kier molecular flexibility index (Phi) is 40.8. The van der Waals surface area contributed by atoms with Crippen molar-refractivity contribution in [2.75, 3.05) is 19.8 Å². The molecule has 0 bridgehead atoms. The number of carbonyl (C=O) groups excluding carboxylic acids is 2. The van der Waals surface area contributed by atoms with Crippen molar-refractivity contribution in [1.82, 2.24) is 5.32 Å². The summed E-state index contributed by atoms with van der Waals surface area (Å²) in [5.74, 6) is -0.272. The van der Waals surface area contributed by atoms with Crippen molar-refractivity contribution in [2.24, 2.45) is 0 Å². The van der Waals surface area contributed by atoms with Gasteiger partial charge in [-0.15, -0.1) is 0 Å². The first-order valence-electron chi connectivity index (χ1n) is 26.1. The molecular weight excluding hydrogens is 823 g/mol.